The number of benzene rings is 2. The van der Waals surface area contributed by atoms with Crippen molar-refractivity contribution in [2.45, 2.75) is 12.5 Å². The van der Waals surface area contributed by atoms with Crippen LogP contribution in [-0.4, -0.2) is 39.4 Å². The molecule has 5 rings (SSSR count). The maximum absolute atomic E-state index is 13.3. The van der Waals surface area contributed by atoms with Gasteiger partial charge in [-0.05, 0) is 28.8 Å². The molecule has 0 bridgehead atoms. The van der Waals surface area contributed by atoms with Crippen LogP contribution in [0.15, 0.2) is 71.5 Å². The topological polar surface area (TPSA) is 73.4 Å². The van der Waals surface area contributed by atoms with Crippen molar-refractivity contribution in [3.05, 3.63) is 89.4 Å². The summed E-state index contributed by atoms with van der Waals surface area (Å²) in [4.78, 5) is 15.1. The van der Waals surface area contributed by atoms with Crippen molar-refractivity contribution >= 4 is 5.91 Å². The Morgan fingerprint density at radius 1 is 1.16 bits per heavy atom. The predicted octanol–water partition coefficient (Wildman–Crippen LogP) is 3.87. The first kappa shape index (κ1) is 19.1. The summed E-state index contributed by atoms with van der Waals surface area (Å²) in [5.41, 5.74) is 4.55. The van der Waals surface area contributed by atoms with Gasteiger partial charge in [-0.25, -0.2) is 0 Å². The number of amides is 1. The molecule has 3 heterocycles. The first-order valence-corrected chi connectivity index (χ1v) is 10.1. The Hall–Kier alpha value is -3.87. The highest BCUT2D eigenvalue weighted by Gasteiger charge is 2.31. The fourth-order valence-corrected chi connectivity index (χ4v) is 4.12. The molecule has 1 aliphatic rings. The molecule has 0 radical (unpaired) electrons. The van der Waals surface area contributed by atoms with Crippen LogP contribution in [0.4, 0.5) is 0 Å². The summed E-state index contributed by atoms with van der Waals surface area (Å²) in [7, 11) is 3.51. The summed E-state index contributed by atoms with van der Waals surface area (Å²) in [6, 6.07) is 17.4. The molecule has 4 aromatic rings. The van der Waals surface area contributed by atoms with E-state index in [9.17, 15) is 4.79 Å². The summed E-state index contributed by atoms with van der Waals surface area (Å²) in [5.74, 6) is 1.16. The Kier molecular flexibility index (Phi) is 4.78. The van der Waals surface area contributed by atoms with E-state index in [4.69, 9.17) is 9.26 Å². The van der Waals surface area contributed by atoms with Gasteiger partial charge in [0.25, 0.3) is 5.91 Å². The molecule has 1 atom stereocenters. The highest BCUT2D eigenvalue weighted by atomic mass is 16.5. The maximum Gasteiger partial charge on any atom is 0.276 e. The van der Waals surface area contributed by atoms with E-state index in [1.54, 1.807) is 17.9 Å². The van der Waals surface area contributed by atoms with E-state index in [0.29, 0.717) is 30.3 Å². The molecule has 0 spiro atoms. The van der Waals surface area contributed by atoms with Gasteiger partial charge in [0, 0.05) is 43.9 Å². The molecule has 1 unspecified atom stereocenters. The van der Waals surface area contributed by atoms with Crippen LogP contribution in [0, 0.1) is 0 Å². The van der Waals surface area contributed by atoms with Gasteiger partial charge in [0.1, 0.15) is 5.75 Å². The molecule has 0 N–H and O–H groups in total. The van der Waals surface area contributed by atoms with Crippen LogP contribution < -0.4 is 4.74 Å². The highest BCUT2D eigenvalue weighted by molar-refractivity contribution is 5.93. The standard InChI is InChI=1S/C24H22N4O3/c1-27-13-18(12-25-27)21-15-28(14-17-6-3-4-9-20(17)21)24(29)22-11-23(31-26-22)16-7-5-8-19(10-16)30-2/h3-13,21H,14-15H2,1-2H3. The number of hydrogen-bond acceptors (Lipinski definition) is 5. The molecule has 156 valence electrons. The van der Waals surface area contributed by atoms with E-state index in [1.807, 2.05) is 60.7 Å². The Labute approximate surface area is 179 Å². The van der Waals surface area contributed by atoms with Gasteiger partial charge >= 0.3 is 0 Å². The predicted molar refractivity (Wildman–Crippen MR) is 115 cm³/mol. The summed E-state index contributed by atoms with van der Waals surface area (Å²) in [6.07, 6.45) is 3.87. The van der Waals surface area contributed by atoms with Crippen molar-refractivity contribution in [2.24, 2.45) is 7.05 Å². The zero-order valence-corrected chi connectivity index (χ0v) is 17.4. The van der Waals surface area contributed by atoms with Crippen molar-refractivity contribution in [3.8, 4) is 17.1 Å². The Bertz CT molecular complexity index is 1240. The fraction of sp³-hybridized carbons (Fsp3) is 0.208. The fourth-order valence-electron chi connectivity index (χ4n) is 4.12. The molecule has 0 saturated heterocycles. The van der Waals surface area contributed by atoms with Crippen molar-refractivity contribution in [3.63, 3.8) is 0 Å². The second-order valence-electron chi connectivity index (χ2n) is 7.69. The van der Waals surface area contributed by atoms with Crippen LogP contribution in [0.2, 0.25) is 0 Å². The largest absolute Gasteiger partial charge is 0.497 e. The van der Waals surface area contributed by atoms with Crippen LogP contribution >= 0.6 is 0 Å². The molecule has 2 aromatic carbocycles. The van der Waals surface area contributed by atoms with Gasteiger partial charge in [0.2, 0.25) is 0 Å². The first-order chi connectivity index (χ1) is 15.1. The summed E-state index contributed by atoms with van der Waals surface area (Å²) in [5, 5.41) is 8.38. The van der Waals surface area contributed by atoms with E-state index in [1.165, 1.54) is 5.56 Å². The molecular formula is C24H22N4O3. The molecular weight excluding hydrogens is 392 g/mol. The first-order valence-electron chi connectivity index (χ1n) is 10.1. The number of methoxy groups -OCH3 is 1. The number of ether oxygens (including phenoxy) is 1. The lowest BCUT2D eigenvalue weighted by atomic mass is 9.86. The number of nitrogens with zero attached hydrogens (tertiary/aromatic N) is 4. The number of rotatable bonds is 4. The monoisotopic (exact) mass is 414 g/mol. The Morgan fingerprint density at radius 3 is 2.84 bits per heavy atom. The van der Waals surface area contributed by atoms with Crippen molar-refractivity contribution in [2.75, 3.05) is 13.7 Å². The van der Waals surface area contributed by atoms with Crippen LogP contribution in [0.25, 0.3) is 11.3 Å². The van der Waals surface area contributed by atoms with Gasteiger partial charge in [0.05, 0.1) is 13.3 Å². The van der Waals surface area contributed by atoms with Gasteiger partial charge in [-0.3, -0.25) is 9.48 Å². The Balaban J connectivity index is 1.44. The lowest BCUT2D eigenvalue weighted by Crippen LogP contribution is -2.38. The quantitative estimate of drug-likeness (QED) is 0.507. The van der Waals surface area contributed by atoms with Crippen LogP contribution in [-0.2, 0) is 13.6 Å². The number of carbonyl (C=O) groups is 1. The zero-order chi connectivity index (χ0) is 21.4. The van der Waals surface area contributed by atoms with Crippen molar-refractivity contribution < 1.29 is 14.1 Å². The number of aromatic nitrogens is 3. The zero-order valence-electron chi connectivity index (χ0n) is 17.4. The molecule has 0 saturated carbocycles. The minimum absolute atomic E-state index is 0.0624. The summed E-state index contributed by atoms with van der Waals surface area (Å²) >= 11 is 0. The highest BCUT2D eigenvalue weighted by Crippen LogP contribution is 2.34. The van der Waals surface area contributed by atoms with Gasteiger partial charge in [-0.15, -0.1) is 0 Å². The number of aryl methyl sites for hydroxylation is 1. The van der Waals surface area contributed by atoms with Crippen molar-refractivity contribution in [1.82, 2.24) is 19.8 Å². The lowest BCUT2D eigenvalue weighted by molar-refractivity contribution is 0.0714. The minimum Gasteiger partial charge on any atom is -0.497 e. The average Bonchev–Trinajstić information content (AvgIpc) is 3.47. The molecule has 1 amide bonds. The van der Waals surface area contributed by atoms with E-state index in [2.05, 4.69) is 22.4 Å². The second-order valence-corrected chi connectivity index (χ2v) is 7.69. The SMILES string of the molecule is COc1cccc(-c2cc(C(=O)N3Cc4ccccc4C(c4cnn(C)c4)C3)no2)c1. The van der Waals surface area contributed by atoms with E-state index >= 15 is 0 Å². The normalized spacial score (nSPS) is 15.5. The summed E-state index contributed by atoms with van der Waals surface area (Å²) < 4.78 is 12.5. The number of fused-ring (bicyclic) bond motifs is 1. The third-order valence-electron chi connectivity index (χ3n) is 5.69. The van der Waals surface area contributed by atoms with Crippen LogP contribution in [0.3, 0.4) is 0 Å². The molecule has 0 fully saturated rings. The Morgan fingerprint density at radius 2 is 2.03 bits per heavy atom. The molecule has 7 nitrogen and oxygen atoms in total. The molecule has 0 aliphatic carbocycles. The third kappa shape index (κ3) is 3.59. The number of carbonyl (C=O) groups excluding carboxylic acids is 1. The van der Waals surface area contributed by atoms with E-state index in [-0.39, 0.29) is 11.8 Å². The molecule has 2 aromatic heterocycles. The summed E-state index contributed by atoms with van der Waals surface area (Å²) in [6.45, 7) is 1.09. The van der Waals surface area contributed by atoms with E-state index < -0.39 is 0 Å². The second kappa shape index (κ2) is 7.75. The smallest absolute Gasteiger partial charge is 0.276 e. The van der Waals surface area contributed by atoms with Gasteiger partial charge in [0.15, 0.2) is 11.5 Å². The molecule has 31 heavy (non-hydrogen) atoms. The van der Waals surface area contributed by atoms with Gasteiger partial charge < -0.3 is 14.2 Å². The van der Waals surface area contributed by atoms with Crippen molar-refractivity contribution in [1.29, 1.82) is 0 Å². The average molecular weight is 414 g/mol. The third-order valence-corrected chi connectivity index (χ3v) is 5.69. The lowest BCUT2D eigenvalue weighted by Gasteiger charge is -2.34. The van der Waals surface area contributed by atoms with E-state index in [0.717, 1.165) is 16.7 Å². The molecule has 1 aliphatic heterocycles. The van der Waals surface area contributed by atoms with Gasteiger partial charge in [-0.2, -0.15) is 5.10 Å². The van der Waals surface area contributed by atoms with Crippen LogP contribution in [0.1, 0.15) is 33.1 Å². The number of hydrogen-bond donors (Lipinski definition) is 0. The maximum atomic E-state index is 13.3. The minimum atomic E-state index is -0.152. The molecule has 7 heteroatoms. The van der Waals surface area contributed by atoms with Crippen LogP contribution in [0.5, 0.6) is 5.75 Å². The van der Waals surface area contributed by atoms with Gasteiger partial charge in [-0.1, -0.05) is 41.6 Å².